The zero-order valence-electron chi connectivity index (χ0n) is 14.0. The number of carbonyl (C=O) groups excluding carboxylic acids is 1. The fourth-order valence-electron chi connectivity index (χ4n) is 2.84. The first kappa shape index (κ1) is 18.2. The molecule has 28 heavy (non-hydrogen) atoms. The van der Waals surface area contributed by atoms with Crippen molar-refractivity contribution in [1.29, 1.82) is 0 Å². The van der Waals surface area contributed by atoms with Crippen molar-refractivity contribution in [3.8, 4) is 5.69 Å². The van der Waals surface area contributed by atoms with Crippen LogP contribution in [0.3, 0.4) is 0 Å². The average molecular weight is 406 g/mol. The minimum Gasteiger partial charge on any atom is -0.324 e. The Bertz CT molecular complexity index is 1090. The van der Waals surface area contributed by atoms with Crippen LogP contribution in [0.2, 0.25) is 5.02 Å². The first-order chi connectivity index (χ1) is 13.3. The number of fused-ring (bicyclic) bond motifs is 1. The number of nitrogens with zero attached hydrogens (tertiary/aromatic N) is 4. The summed E-state index contributed by atoms with van der Waals surface area (Å²) in [5.74, 6) is -0.473. The van der Waals surface area contributed by atoms with Gasteiger partial charge in [0.2, 0.25) is 5.91 Å². The van der Waals surface area contributed by atoms with E-state index in [4.69, 9.17) is 11.6 Å². The molecule has 0 saturated carbocycles. The molecule has 0 radical (unpaired) electrons. The summed E-state index contributed by atoms with van der Waals surface area (Å²) in [4.78, 5) is 16.7. The normalized spacial score (nSPS) is 14.1. The minimum absolute atomic E-state index is 0.0378. The number of halogens is 4. The SMILES string of the molecule is O=C1CC(c2cccc(-n3ccnn3)c2)=Nc2cc(Cl)c(C(F)(F)F)cc2N1. The van der Waals surface area contributed by atoms with Crippen LogP contribution in [0.5, 0.6) is 0 Å². The molecule has 142 valence electrons. The van der Waals surface area contributed by atoms with Gasteiger partial charge in [-0.25, -0.2) is 4.68 Å². The molecular formula is C18H11ClF3N5O. The summed E-state index contributed by atoms with van der Waals surface area (Å²) >= 11 is 5.80. The zero-order chi connectivity index (χ0) is 19.9. The fourth-order valence-corrected chi connectivity index (χ4v) is 3.11. The minimum atomic E-state index is -4.64. The molecule has 0 fully saturated rings. The van der Waals surface area contributed by atoms with Crippen LogP contribution in [0, 0.1) is 0 Å². The van der Waals surface area contributed by atoms with Crippen molar-refractivity contribution in [3.05, 3.63) is 64.9 Å². The standard InChI is InChI=1S/C18H11ClF3N5O/c19-13-8-16-15(7-12(13)18(20,21)22)25-17(28)9-14(24-16)10-2-1-3-11(6-10)27-5-4-23-26-27/h1-8H,9H2,(H,25,28). The lowest BCUT2D eigenvalue weighted by Gasteiger charge is -2.12. The highest BCUT2D eigenvalue weighted by atomic mass is 35.5. The number of aromatic nitrogens is 3. The summed E-state index contributed by atoms with van der Waals surface area (Å²) < 4.78 is 40.8. The topological polar surface area (TPSA) is 72.2 Å². The molecule has 0 atom stereocenters. The molecule has 1 aliphatic heterocycles. The average Bonchev–Trinajstić information content (AvgIpc) is 3.11. The summed E-state index contributed by atoms with van der Waals surface area (Å²) in [6, 6.07) is 8.98. The lowest BCUT2D eigenvalue weighted by Crippen LogP contribution is -2.15. The van der Waals surface area contributed by atoms with Gasteiger partial charge in [-0.1, -0.05) is 28.9 Å². The Morgan fingerprint density at radius 3 is 2.71 bits per heavy atom. The maximum atomic E-state index is 13.1. The van der Waals surface area contributed by atoms with E-state index < -0.39 is 22.7 Å². The molecule has 0 saturated heterocycles. The molecule has 1 N–H and O–H groups in total. The molecule has 0 aliphatic carbocycles. The first-order valence-electron chi connectivity index (χ1n) is 8.06. The quantitative estimate of drug-likeness (QED) is 0.686. The molecule has 2 aromatic carbocycles. The van der Waals surface area contributed by atoms with Gasteiger partial charge >= 0.3 is 6.18 Å². The van der Waals surface area contributed by atoms with Crippen LogP contribution in [0.1, 0.15) is 17.5 Å². The van der Waals surface area contributed by atoms with Crippen LogP contribution in [0.4, 0.5) is 24.5 Å². The summed E-state index contributed by atoms with van der Waals surface area (Å²) in [5, 5.41) is 9.64. The molecule has 0 unspecified atom stereocenters. The third kappa shape index (κ3) is 3.48. The maximum Gasteiger partial charge on any atom is 0.417 e. The van der Waals surface area contributed by atoms with E-state index in [9.17, 15) is 18.0 Å². The number of hydrogen-bond donors (Lipinski definition) is 1. The number of hydrogen-bond acceptors (Lipinski definition) is 4. The third-order valence-electron chi connectivity index (χ3n) is 4.11. The zero-order valence-corrected chi connectivity index (χ0v) is 14.8. The molecule has 1 aromatic heterocycles. The van der Waals surface area contributed by atoms with Gasteiger partial charge in [0.1, 0.15) is 0 Å². The van der Waals surface area contributed by atoms with Crippen molar-refractivity contribution >= 4 is 34.6 Å². The molecule has 0 spiro atoms. The van der Waals surface area contributed by atoms with Crippen molar-refractivity contribution in [2.24, 2.45) is 4.99 Å². The first-order valence-corrected chi connectivity index (χ1v) is 8.44. The van der Waals surface area contributed by atoms with E-state index in [0.29, 0.717) is 17.0 Å². The predicted molar refractivity (Wildman–Crippen MR) is 97.3 cm³/mol. The molecule has 2 heterocycles. The number of carbonyl (C=O) groups is 1. The van der Waals surface area contributed by atoms with Crippen molar-refractivity contribution in [2.75, 3.05) is 5.32 Å². The Morgan fingerprint density at radius 1 is 1.18 bits per heavy atom. The van der Waals surface area contributed by atoms with Gasteiger partial charge in [-0.2, -0.15) is 13.2 Å². The van der Waals surface area contributed by atoms with Gasteiger partial charge in [0.15, 0.2) is 0 Å². The largest absolute Gasteiger partial charge is 0.417 e. The van der Waals surface area contributed by atoms with Gasteiger partial charge < -0.3 is 5.32 Å². The second kappa shape index (κ2) is 6.75. The maximum absolute atomic E-state index is 13.1. The lowest BCUT2D eigenvalue weighted by atomic mass is 10.1. The van der Waals surface area contributed by atoms with Crippen molar-refractivity contribution in [2.45, 2.75) is 12.6 Å². The molecule has 6 nitrogen and oxygen atoms in total. The van der Waals surface area contributed by atoms with E-state index >= 15 is 0 Å². The summed E-state index contributed by atoms with van der Waals surface area (Å²) in [5.41, 5.74) is 0.823. The van der Waals surface area contributed by atoms with Crippen LogP contribution in [0.25, 0.3) is 5.69 Å². The summed E-state index contributed by atoms with van der Waals surface area (Å²) in [6.07, 6.45) is -1.55. The molecule has 1 aliphatic rings. The predicted octanol–water partition coefficient (Wildman–Crippen LogP) is 4.40. The van der Waals surface area contributed by atoms with Gasteiger partial charge in [-0.05, 0) is 29.8 Å². The van der Waals surface area contributed by atoms with E-state index in [-0.39, 0.29) is 17.8 Å². The van der Waals surface area contributed by atoms with Crippen molar-refractivity contribution in [3.63, 3.8) is 0 Å². The second-order valence-electron chi connectivity index (χ2n) is 6.03. The third-order valence-corrected chi connectivity index (χ3v) is 4.43. The van der Waals surface area contributed by atoms with Crippen LogP contribution in [0.15, 0.2) is 53.8 Å². The van der Waals surface area contributed by atoms with E-state index in [0.717, 1.165) is 12.1 Å². The van der Waals surface area contributed by atoms with Gasteiger partial charge in [0, 0.05) is 0 Å². The van der Waals surface area contributed by atoms with Crippen LogP contribution in [-0.4, -0.2) is 26.6 Å². The van der Waals surface area contributed by atoms with E-state index in [1.807, 2.05) is 0 Å². The van der Waals surface area contributed by atoms with Gasteiger partial charge in [-0.15, -0.1) is 5.10 Å². The Balaban J connectivity index is 1.80. The number of anilines is 1. The fraction of sp³-hybridized carbons (Fsp3) is 0.111. The van der Waals surface area contributed by atoms with Gasteiger partial charge in [0.05, 0.1) is 52.2 Å². The highest BCUT2D eigenvalue weighted by Gasteiger charge is 2.34. The van der Waals surface area contributed by atoms with Gasteiger partial charge in [0.25, 0.3) is 0 Å². The number of aliphatic imine (C=N–C) groups is 1. The number of rotatable bonds is 2. The van der Waals surface area contributed by atoms with E-state index in [1.165, 1.54) is 6.20 Å². The molecule has 0 bridgehead atoms. The monoisotopic (exact) mass is 405 g/mol. The molecular weight excluding hydrogens is 395 g/mol. The van der Waals surface area contributed by atoms with Crippen molar-refractivity contribution in [1.82, 2.24) is 15.0 Å². The Labute approximate surface area is 161 Å². The number of amides is 1. The molecule has 1 amide bonds. The summed E-state index contributed by atoms with van der Waals surface area (Å²) in [7, 11) is 0. The van der Waals surface area contributed by atoms with Gasteiger partial charge in [-0.3, -0.25) is 9.79 Å². The lowest BCUT2D eigenvalue weighted by molar-refractivity contribution is -0.137. The number of alkyl halides is 3. The highest BCUT2D eigenvalue weighted by Crippen LogP contribution is 2.41. The van der Waals surface area contributed by atoms with Crippen LogP contribution in [-0.2, 0) is 11.0 Å². The van der Waals surface area contributed by atoms with E-state index in [1.54, 1.807) is 35.1 Å². The second-order valence-corrected chi connectivity index (χ2v) is 6.44. The van der Waals surface area contributed by atoms with E-state index in [2.05, 4.69) is 20.6 Å². The molecule has 4 rings (SSSR count). The Hall–Kier alpha value is -3.20. The Kier molecular flexibility index (Phi) is 4.38. The molecule has 3 aromatic rings. The van der Waals surface area contributed by atoms with Crippen LogP contribution < -0.4 is 5.32 Å². The Morgan fingerprint density at radius 2 is 2.00 bits per heavy atom. The van der Waals surface area contributed by atoms with Crippen molar-refractivity contribution < 1.29 is 18.0 Å². The molecule has 10 heteroatoms. The highest BCUT2D eigenvalue weighted by molar-refractivity contribution is 6.32. The van der Waals surface area contributed by atoms with Crippen LogP contribution >= 0.6 is 11.6 Å². The smallest absolute Gasteiger partial charge is 0.324 e. The summed E-state index contributed by atoms with van der Waals surface area (Å²) in [6.45, 7) is 0. The number of benzene rings is 2. The number of nitrogens with one attached hydrogen (secondary N) is 1.